The van der Waals surface area contributed by atoms with Crippen LogP contribution in [-0.2, 0) is 23.8 Å². The Hall–Kier alpha value is -1.66. The number of aliphatic hydroxyl groups excluding tert-OH is 1. The molecule has 6 nitrogen and oxygen atoms in total. The largest absolute Gasteiger partial charge is 0.462 e. The first-order valence-corrected chi connectivity index (χ1v) is 6.01. The van der Waals surface area contributed by atoms with Crippen LogP contribution in [0.4, 0.5) is 0 Å². The van der Waals surface area contributed by atoms with Gasteiger partial charge in [0.2, 0.25) is 0 Å². The molecule has 0 aliphatic carbocycles. The second-order valence-electron chi connectivity index (χ2n) is 4.50. The number of aliphatic hydroxyl groups is 1. The number of methoxy groups -OCH3 is 1. The van der Waals surface area contributed by atoms with Gasteiger partial charge in [-0.2, -0.15) is 0 Å². The van der Waals surface area contributed by atoms with Crippen molar-refractivity contribution in [1.29, 1.82) is 0 Å². The summed E-state index contributed by atoms with van der Waals surface area (Å²) in [6, 6.07) is 0. The molecule has 0 radical (unpaired) electrons. The lowest BCUT2D eigenvalue weighted by Crippen LogP contribution is -2.24. The molecule has 0 atom stereocenters. The van der Waals surface area contributed by atoms with Gasteiger partial charge in [0.15, 0.2) is 0 Å². The molecule has 0 aliphatic heterocycles. The Balaban J connectivity index is 0. The van der Waals surface area contributed by atoms with Crippen molar-refractivity contribution in [1.82, 2.24) is 0 Å². The standard InChI is InChI=1S/C8H14O3.C6H10O3/c1-4-7(10)11-6-8(2,3)5-9;1-3-6(7)9-5-4-8-2/h4,9H,1,5-6H2,2-3H3;3H,1,4-5H2,2H3. The van der Waals surface area contributed by atoms with Gasteiger partial charge >= 0.3 is 11.9 Å². The van der Waals surface area contributed by atoms with Crippen molar-refractivity contribution < 1.29 is 28.9 Å². The Morgan fingerprint density at radius 1 is 1.10 bits per heavy atom. The summed E-state index contributed by atoms with van der Waals surface area (Å²) in [5.74, 6) is -0.862. The van der Waals surface area contributed by atoms with Crippen LogP contribution < -0.4 is 0 Å². The van der Waals surface area contributed by atoms with Crippen LogP contribution in [0.2, 0.25) is 0 Å². The lowest BCUT2D eigenvalue weighted by atomic mass is 9.97. The number of rotatable bonds is 8. The lowest BCUT2D eigenvalue weighted by molar-refractivity contribution is -0.141. The van der Waals surface area contributed by atoms with Gasteiger partial charge in [-0.3, -0.25) is 0 Å². The summed E-state index contributed by atoms with van der Waals surface area (Å²) in [5.41, 5.74) is -0.362. The first-order chi connectivity index (χ1) is 9.32. The molecule has 0 amide bonds. The third-order valence-electron chi connectivity index (χ3n) is 1.90. The van der Waals surface area contributed by atoms with E-state index in [4.69, 9.17) is 9.84 Å². The second-order valence-corrected chi connectivity index (χ2v) is 4.50. The molecular weight excluding hydrogens is 264 g/mol. The number of carbonyl (C=O) groups excluding carboxylic acids is 2. The highest BCUT2D eigenvalue weighted by Gasteiger charge is 2.17. The highest BCUT2D eigenvalue weighted by Crippen LogP contribution is 2.13. The number of carbonyl (C=O) groups is 2. The van der Waals surface area contributed by atoms with Crippen LogP contribution in [0.3, 0.4) is 0 Å². The Bertz CT molecular complexity index is 309. The Morgan fingerprint density at radius 2 is 1.60 bits per heavy atom. The monoisotopic (exact) mass is 288 g/mol. The minimum atomic E-state index is -0.452. The normalized spacial score (nSPS) is 9.80. The Labute approximate surface area is 120 Å². The molecule has 1 N–H and O–H groups in total. The fraction of sp³-hybridized carbons (Fsp3) is 0.571. The highest BCUT2D eigenvalue weighted by molar-refractivity contribution is 5.81. The molecule has 0 aromatic heterocycles. The molecule has 0 unspecified atom stereocenters. The summed E-state index contributed by atoms with van der Waals surface area (Å²) in [7, 11) is 1.54. The maximum absolute atomic E-state index is 10.6. The molecule has 6 heteroatoms. The zero-order valence-electron chi connectivity index (χ0n) is 12.4. The van der Waals surface area contributed by atoms with E-state index in [0.717, 1.165) is 12.2 Å². The Kier molecular flexibility index (Phi) is 12.8. The van der Waals surface area contributed by atoms with Crippen LogP contribution in [0.5, 0.6) is 0 Å². The zero-order valence-corrected chi connectivity index (χ0v) is 12.4. The molecule has 0 spiro atoms. The highest BCUT2D eigenvalue weighted by atomic mass is 16.6. The smallest absolute Gasteiger partial charge is 0.330 e. The molecule has 0 saturated heterocycles. The van der Waals surface area contributed by atoms with E-state index in [-0.39, 0.29) is 18.6 Å². The van der Waals surface area contributed by atoms with Gasteiger partial charge in [-0.25, -0.2) is 9.59 Å². The molecule has 0 aliphatic rings. The van der Waals surface area contributed by atoms with E-state index in [0.29, 0.717) is 13.2 Å². The number of ether oxygens (including phenoxy) is 3. The van der Waals surface area contributed by atoms with Crippen molar-refractivity contribution in [3.05, 3.63) is 25.3 Å². The molecule has 0 saturated carbocycles. The predicted molar refractivity (Wildman–Crippen MR) is 75.1 cm³/mol. The van der Waals surface area contributed by atoms with Crippen LogP contribution in [0.15, 0.2) is 25.3 Å². The molecular formula is C14H24O6. The average molecular weight is 288 g/mol. The molecule has 0 aromatic rings. The van der Waals surface area contributed by atoms with Crippen molar-refractivity contribution in [3.63, 3.8) is 0 Å². The number of esters is 2. The maximum Gasteiger partial charge on any atom is 0.330 e. The molecule has 0 bridgehead atoms. The summed E-state index contributed by atoms with van der Waals surface area (Å²) >= 11 is 0. The minimum absolute atomic E-state index is 0.00256. The molecule has 20 heavy (non-hydrogen) atoms. The summed E-state index contributed by atoms with van der Waals surface area (Å²) in [6.45, 7) is 11.0. The van der Waals surface area contributed by atoms with Crippen molar-refractivity contribution in [2.24, 2.45) is 5.41 Å². The quantitative estimate of drug-likeness (QED) is 0.409. The summed E-state index contributed by atoms with van der Waals surface area (Å²) in [4.78, 5) is 20.8. The van der Waals surface area contributed by atoms with Gasteiger partial charge < -0.3 is 19.3 Å². The first-order valence-electron chi connectivity index (χ1n) is 6.01. The van der Waals surface area contributed by atoms with Crippen molar-refractivity contribution in [3.8, 4) is 0 Å². The summed E-state index contributed by atoms with van der Waals surface area (Å²) in [5, 5.41) is 8.76. The maximum atomic E-state index is 10.6. The van der Waals surface area contributed by atoms with Crippen LogP contribution in [-0.4, -0.2) is 50.6 Å². The van der Waals surface area contributed by atoms with E-state index < -0.39 is 11.9 Å². The summed E-state index contributed by atoms with van der Waals surface area (Å²) in [6.07, 6.45) is 2.23. The van der Waals surface area contributed by atoms with Crippen molar-refractivity contribution >= 4 is 11.9 Å². The van der Waals surface area contributed by atoms with Crippen LogP contribution >= 0.6 is 0 Å². The van der Waals surface area contributed by atoms with E-state index in [1.165, 1.54) is 0 Å². The van der Waals surface area contributed by atoms with Crippen LogP contribution in [0, 0.1) is 5.41 Å². The molecule has 116 valence electrons. The molecule has 0 fully saturated rings. The SMILES string of the molecule is C=CC(=O)OCC(C)(C)CO.C=CC(=O)OCCOC. The van der Waals surface area contributed by atoms with Gasteiger partial charge in [0, 0.05) is 24.7 Å². The number of hydrogen-bond donors (Lipinski definition) is 1. The van der Waals surface area contributed by atoms with Crippen LogP contribution in [0.25, 0.3) is 0 Å². The topological polar surface area (TPSA) is 82.1 Å². The average Bonchev–Trinajstić information content (AvgIpc) is 2.45. The van der Waals surface area contributed by atoms with E-state index in [1.54, 1.807) is 7.11 Å². The second kappa shape index (κ2) is 12.4. The molecule has 0 aromatic carbocycles. The van der Waals surface area contributed by atoms with Crippen molar-refractivity contribution in [2.75, 3.05) is 33.5 Å². The van der Waals surface area contributed by atoms with E-state index >= 15 is 0 Å². The third-order valence-corrected chi connectivity index (χ3v) is 1.90. The van der Waals surface area contributed by atoms with Gasteiger partial charge in [0.25, 0.3) is 0 Å². The number of hydrogen-bond acceptors (Lipinski definition) is 6. The van der Waals surface area contributed by atoms with Gasteiger partial charge in [-0.1, -0.05) is 27.0 Å². The minimum Gasteiger partial charge on any atom is -0.462 e. The van der Waals surface area contributed by atoms with Gasteiger partial charge in [0.05, 0.1) is 19.8 Å². The first kappa shape index (κ1) is 20.7. The Morgan fingerprint density at radius 3 is 2.00 bits per heavy atom. The molecule has 0 heterocycles. The summed E-state index contributed by atoms with van der Waals surface area (Å²) < 4.78 is 13.9. The van der Waals surface area contributed by atoms with Crippen molar-refractivity contribution in [2.45, 2.75) is 13.8 Å². The van der Waals surface area contributed by atoms with Crippen LogP contribution in [0.1, 0.15) is 13.8 Å². The fourth-order valence-electron chi connectivity index (χ4n) is 0.656. The van der Waals surface area contributed by atoms with Gasteiger partial charge in [0.1, 0.15) is 6.61 Å². The zero-order chi connectivity index (χ0) is 16.0. The van der Waals surface area contributed by atoms with Gasteiger partial charge in [-0.15, -0.1) is 0 Å². The predicted octanol–water partition coefficient (Wildman–Crippen LogP) is 1.10. The van der Waals surface area contributed by atoms with E-state index in [9.17, 15) is 9.59 Å². The van der Waals surface area contributed by atoms with E-state index in [2.05, 4.69) is 22.6 Å². The fourth-order valence-corrected chi connectivity index (χ4v) is 0.656. The van der Waals surface area contributed by atoms with Gasteiger partial charge in [-0.05, 0) is 0 Å². The third kappa shape index (κ3) is 14.4. The van der Waals surface area contributed by atoms with E-state index in [1.807, 2.05) is 13.8 Å². The lowest BCUT2D eigenvalue weighted by Gasteiger charge is -2.20. The molecule has 0 rings (SSSR count).